The molecule has 1 aromatic carbocycles. The molecule has 2 rings (SSSR count). The van der Waals surface area contributed by atoms with E-state index in [1.54, 1.807) is 41.7 Å². The van der Waals surface area contributed by atoms with E-state index in [4.69, 9.17) is 5.73 Å². The summed E-state index contributed by atoms with van der Waals surface area (Å²) < 4.78 is 0. The summed E-state index contributed by atoms with van der Waals surface area (Å²) in [5.74, 6) is -0.568. The van der Waals surface area contributed by atoms with Crippen molar-refractivity contribution in [3.05, 3.63) is 58.3 Å². The zero-order valence-electron chi connectivity index (χ0n) is 10.7. The molecule has 0 saturated carbocycles. The smallest absolute Gasteiger partial charge is 0.248 e. The van der Waals surface area contributed by atoms with E-state index >= 15 is 0 Å². The standard InChI is InChI=1S/C15H14N2O2S/c16-14(18)10-11-3-5-12(6-4-11)17-15(19)8-7-13-2-1-9-20-13/h1-9H,10H2,(H2,16,18)(H,17,19)/b8-7+. The Balaban J connectivity index is 1.92. The van der Waals surface area contributed by atoms with Crippen molar-refractivity contribution in [3.8, 4) is 0 Å². The van der Waals surface area contributed by atoms with Crippen molar-refractivity contribution < 1.29 is 9.59 Å². The number of hydrogen-bond donors (Lipinski definition) is 2. The van der Waals surface area contributed by atoms with Gasteiger partial charge in [0.05, 0.1) is 6.42 Å². The second kappa shape index (κ2) is 6.68. The Bertz CT molecular complexity index is 616. The van der Waals surface area contributed by atoms with Gasteiger partial charge in [-0.15, -0.1) is 11.3 Å². The van der Waals surface area contributed by atoms with Gasteiger partial charge in [-0.3, -0.25) is 9.59 Å². The fraction of sp³-hybridized carbons (Fsp3) is 0.0667. The fourth-order valence-corrected chi connectivity index (χ4v) is 2.25. The Morgan fingerprint density at radius 2 is 1.95 bits per heavy atom. The van der Waals surface area contributed by atoms with Gasteiger partial charge in [-0.05, 0) is 35.2 Å². The van der Waals surface area contributed by atoms with Crippen molar-refractivity contribution in [1.82, 2.24) is 0 Å². The fourth-order valence-electron chi connectivity index (χ4n) is 1.63. The maximum absolute atomic E-state index is 11.7. The highest BCUT2D eigenvalue weighted by Gasteiger charge is 2.00. The number of amides is 2. The average Bonchev–Trinajstić information content (AvgIpc) is 2.91. The lowest BCUT2D eigenvalue weighted by atomic mass is 10.1. The number of thiophene rings is 1. The van der Waals surface area contributed by atoms with Crippen molar-refractivity contribution >= 4 is 34.9 Å². The SMILES string of the molecule is NC(=O)Cc1ccc(NC(=O)/C=C/c2cccs2)cc1. The highest BCUT2D eigenvalue weighted by molar-refractivity contribution is 7.10. The van der Waals surface area contributed by atoms with Crippen LogP contribution in [0.3, 0.4) is 0 Å². The van der Waals surface area contributed by atoms with Crippen LogP contribution in [0.25, 0.3) is 6.08 Å². The molecule has 0 bridgehead atoms. The molecule has 0 atom stereocenters. The Hall–Kier alpha value is -2.40. The van der Waals surface area contributed by atoms with Crippen LogP contribution >= 0.6 is 11.3 Å². The maximum atomic E-state index is 11.7. The van der Waals surface area contributed by atoms with Crippen molar-refractivity contribution in [2.24, 2.45) is 5.73 Å². The summed E-state index contributed by atoms with van der Waals surface area (Å²) in [6.07, 6.45) is 3.46. The molecule has 0 aliphatic rings. The lowest BCUT2D eigenvalue weighted by Gasteiger charge is -2.03. The van der Waals surface area contributed by atoms with E-state index in [2.05, 4.69) is 5.32 Å². The quantitative estimate of drug-likeness (QED) is 0.829. The molecular formula is C15H14N2O2S. The monoisotopic (exact) mass is 286 g/mol. The van der Waals surface area contributed by atoms with Crippen molar-refractivity contribution in [2.45, 2.75) is 6.42 Å². The Kier molecular flexibility index (Phi) is 4.68. The minimum atomic E-state index is -0.374. The largest absolute Gasteiger partial charge is 0.369 e. The summed E-state index contributed by atoms with van der Waals surface area (Å²) in [4.78, 5) is 23.5. The van der Waals surface area contributed by atoms with E-state index in [9.17, 15) is 9.59 Å². The molecule has 102 valence electrons. The highest BCUT2D eigenvalue weighted by atomic mass is 32.1. The first-order valence-corrected chi connectivity index (χ1v) is 6.91. The first-order valence-electron chi connectivity index (χ1n) is 6.03. The molecular weight excluding hydrogens is 272 g/mol. The molecule has 20 heavy (non-hydrogen) atoms. The predicted octanol–water partition coefficient (Wildman–Crippen LogP) is 2.43. The molecule has 1 heterocycles. The van der Waals surface area contributed by atoms with Crippen LogP contribution in [0.5, 0.6) is 0 Å². The highest BCUT2D eigenvalue weighted by Crippen LogP contribution is 2.12. The topological polar surface area (TPSA) is 72.2 Å². The van der Waals surface area contributed by atoms with Gasteiger partial charge >= 0.3 is 0 Å². The van der Waals surface area contributed by atoms with Crippen LogP contribution in [-0.2, 0) is 16.0 Å². The van der Waals surface area contributed by atoms with E-state index in [1.165, 1.54) is 6.08 Å². The molecule has 0 unspecified atom stereocenters. The van der Waals surface area contributed by atoms with Crippen LogP contribution in [0.15, 0.2) is 47.9 Å². The first kappa shape index (κ1) is 14.0. The summed E-state index contributed by atoms with van der Waals surface area (Å²) in [5, 5.41) is 4.70. The van der Waals surface area contributed by atoms with Gasteiger partial charge < -0.3 is 11.1 Å². The average molecular weight is 286 g/mol. The van der Waals surface area contributed by atoms with Crippen molar-refractivity contribution in [2.75, 3.05) is 5.32 Å². The van der Waals surface area contributed by atoms with E-state index < -0.39 is 0 Å². The van der Waals surface area contributed by atoms with Gasteiger partial charge in [-0.25, -0.2) is 0 Å². The summed E-state index contributed by atoms with van der Waals surface area (Å²) in [6, 6.07) is 10.9. The molecule has 5 heteroatoms. The number of nitrogens with one attached hydrogen (secondary N) is 1. The molecule has 2 amide bonds. The molecule has 4 nitrogen and oxygen atoms in total. The zero-order valence-corrected chi connectivity index (χ0v) is 11.5. The van der Waals surface area contributed by atoms with Gasteiger partial charge in [0.15, 0.2) is 0 Å². The maximum Gasteiger partial charge on any atom is 0.248 e. The number of benzene rings is 1. The Labute approximate surface area is 120 Å². The van der Waals surface area contributed by atoms with Gasteiger partial charge in [0.2, 0.25) is 11.8 Å². The molecule has 0 spiro atoms. The normalized spacial score (nSPS) is 10.6. The Morgan fingerprint density at radius 1 is 1.20 bits per heavy atom. The number of rotatable bonds is 5. The Morgan fingerprint density at radius 3 is 2.55 bits per heavy atom. The minimum Gasteiger partial charge on any atom is -0.369 e. The third-order valence-corrected chi connectivity index (χ3v) is 3.38. The van der Waals surface area contributed by atoms with E-state index in [0.29, 0.717) is 5.69 Å². The number of carbonyl (C=O) groups excluding carboxylic acids is 2. The second-order valence-electron chi connectivity index (χ2n) is 4.18. The second-order valence-corrected chi connectivity index (χ2v) is 5.16. The molecule has 0 aliphatic heterocycles. The summed E-state index contributed by atoms with van der Waals surface area (Å²) >= 11 is 1.57. The number of carbonyl (C=O) groups is 2. The van der Waals surface area contributed by atoms with Crippen LogP contribution in [0.4, 0.5) is 5.69 Å². The lowest BCUT2D eigenvalue weighted by Crippen LogP contribution is -2.13. The van der Waals surface area contributed by atoms with Gasteiger partial charge in [-0.2, -0.15) is 0 Å². The molecule has 2 aromatic rings. The van der Waals surface area contributed by atoms with Gasteiger partial charge in [0, 0.05) is 16.6 Å². The number of hydrogen-bond acceptors (Lipinski definition) is 3. The molecule has 0 aliphatic carbocycles. The summed E-state index contributed by atoms with van der Waals surface area (Å²) in [5.41, 5.74) is 6.62. The molecule has 0 radical (unpaired) electrons. The van der Waals surface area contributed by atoms with Crippen LogP contribution in [0, 0.1) is 0 Å². The molecule has 0 fully saturated rings. The number of nitrogens with two attached hydrogens (primary N) is 1. The predicted molar refractivity (Wildman–Crippen MR) is 81.3 cm³/mol. The third-order valence-electron chi connectivity index (χ3n) is 2.54. The number of primary amides is 1. The van der Waals surface area contributed by atoms with Crippen LogP contribution in [-0.4, -0.2) is 11.8 Å². The van der Waals surface area contributed by atoms with Crippen LogP contribution < -0.4 is 11.1 Å². The van der Waals surface area contributed by atoms with Crippen LogP contribution in [0.1, 0.15) is 10.4 Å². The first-order chi connectivity index (χ1) is 9.63. The van der Waals surface area contributed by atoms with Gasteiger partial charge in [0.1, 0.15) is 0 Å². The van der Waals surface area contributed by atoms with Gasteiger partial charge in [0.25, 0.3) is 0 Å². The minimum absolute atomic E-state index is 0.193. The summed E-state index contributed by atoms with van der Waals surface area (Å²) in [7, 11) is 0. The van der Waals surface area contributed by atoms with E-state index in [-0.39, 0.29) is 18.2 Å². The van der Waals surface area contributed by atoms with Crippen LogP contribution in [0.2, 0.25) is 0 Å². The lowest BCUT2D eigenvalue weighted by molar-refractivity contribution is -0.117. The van der Waals surface area contributed by atoms with Crippen molar-refractivity contribution in [1.29, 1.82) is 0 Å². The van der Waals surface area contributed by atoms with Gasteiger partial charge in [-0.1, -0.05) is 18.2 Å². The molecule has 3 N–H and O–H groups in total. The molecule has 0 saturated heterocycles. The molecule has 1 aromatic heterocycles. The summed E-state index contributed by atoms with van der Waals surface area (Å²) in [6.45, 7) is 0. The van der Waals surface area contributed by atoms with E-state index in [1.807, 2.05) is 17.5 Å². The van der Waals surface area contributed by atoms with Crippen molar-refractivity contribution in [3.63, 3.8) is 0 Å². The number of anilines is 1. The zero-order chi connectivity index (χ0) is 14.4. The third kappa shape index (κ3) is 4.37. The van der Waals surface area contributed by atoms with E-state index in [0.717, 1.165) is 10.4 Å².